The Morgan fingerprint density at radius 1 is 1.00 bits per heavy atom. The van der Waals surface area contributed by atoms with Crippen LogP contribution in [0.5, 0.6) is 11.5 Å². The smallest absolute Gasteiger partial charge is 0.243 e. The fraction of sp³-hybridized carbons (Fsp3) is 0.188. The summed E-state index contributed by atoms with van der Waals surface area (Å²) < 4.78 is 10.3. The Balaban J connectivity index is 1.95. The maximum Gasteiger partial charge on any atom is 0.243 e. The first-order chi connectivity index (χ1) is 10.6. The SMILES string of the molecule is COc1cc(NC(=O)CNc2ccc(Cl)cc2)cc(OC)c1. The predicted octanol–water partition coefficient (Wildman–Crippen LogP) is 3.41. The number of nitrogens with one attached hydrogen (secondary N) is 2. The molecule has 0 radical (unpaired) electrons. The Morgan fingerprint density at radius 2 is 1.59 bits per heavy atom. The summed E-state index contributed by atoms with van der Waals surface area (Å²) in [5.74, 6) is 1.05. The van der Waals surface area contributed by atoms with Gasteiger partial charge in [0.15, 0.2) is 0 Å². The van der Waals surface area contributed by atoms with Crippen LogP contribution in [0.2, 0.25) is 5.02 Å². The number of carbonyl (C=O) groups excluding carboxylic acids is 1. The lowest BCUT2D eigenvalue weighted by molar-refractivity contribution is -0.114. The van der Waals surface area contributed by atoms with E-state index in [2.05, 4.69) is 10.6 Å². The summed E-state index contributed by atoms with van der Waals surface area (Å²) in [4.78, 5) is 12.0. The molecule has 2 aromatic rings. The molecule has 0 bridgehead atoms. The van der Waals surface area contributed by atoms with E-state index in [1.165, 1.54) is 0 Å². The maximum absolute atomic E-state index is 12.0. The largest absolute Gasteiger partial charge is 0.497 e. The molecule has 2 aromatic carbocycles. The van der Waals surface area contributed by atoms with E-state index in [9.17, 15) is 4.79 Å². The molecule has 2 rings (SSSR count). The number of methoxy groups -OCH3 is 2. The highest BCUT2D eigenvalue weighted by atomic mass is 35.5. The van der Waals surface area contributed by atoms with Crippen molar-refractivity contribution in [1.29, 1.82) is 0 Å². The Hall–Kier alpha value is -2.40. The Bertz CT molecular complexity index is 622. The Kier molecular flexibility index (Phi) is 5.49. The molecule has 2 N–H and O–H groups in total. The van der Waals surface area contributed by atoms with E-state index in [1.807, 2.05) is 12.1 Å². The third-order valence-electron chi connectivity index (χ3n) is 2.93. The van der Waals surface area contributed by atoms with Gasteiger partial charge < -0.3 is 20.1 Å². The second-order valence-corrected chi connectivity index (χ2v) is 4.95. The van der Waals surface area contributed by atoms with Crippen molar-refractivity contribution in [2.45, 2.75) is 0 Å². The summed E-state index contributed by atoms with van der Waals surface area (Å²) in [5, 5.41) is 6.45. The molecule has 0 fully saturated rings. The lowest BCUT2D eigenvalue weighted by atomic mass is 10.2. The van der Waals surface area contributed by atoms with Crippen molar-refractivity contribution >= 4 is 28.9 Å². The number of amides is 1. The van der Waals surface area contributed by atoms with E-state index >= 15 is 0 Å². The van der Waals surface area contributed by atoms with Crippen molar-refractivity contribution in [1.82, 2.24) is 0 Å². The zero-order valence-corrected chi connectivity index (χ0v) is 13.1. The number of benzene rings is 2. The van der Waals surface area contributed by atoms with E-state index in [0.717, 1.165) is 5.69 Å². The van der Waals surface area contributed by atoms with Crippen molar-refractivity contribution in [2.24, 2.45) is 0 Å². The van der Waals surface area contributed by atoms with Gasteiger partial charge in [0.25, 0.3) is 0 Å². The van der Waals surface area contributed by atoms with E-state index in [0.29, 0.717) is 22.2 Å². The van der Waals surface area contributed by atoms with Gasteiger partial charge in [-0.15, -0.1) is 0 Å². The number of halogens is 1. The number of hydrogen-bond donors (Lipinski definition) is 2. The van der Waals surface area contributed by atoms with Gasteiger partial charge in [-0.25, -0.2) is 0 Å². The molecule has 22 heavy (non-hydrogen) atoms. The molecule has 0 aromatic heterocycles. The fourth-order valence-electron chi connectivity index (χ4n) is 1.83. The third-order valence-corrected chi connectivity index (χ3v) is 3.18. The molecular formula is C16H17ClN2O3. The summed E-state index contributed by atoms with van der Waals surface area (Å²) in [6.45, 7) is 0.140. The van der Waals surface area contributed by atoms with Gasteiger partial charge in [-0.2, -0.15) is 0 Å². The van der Waals surface area contributed by atoms with Gasteiger partial charge in [-0.3, -0.25) is 4.79 Å². The topological polar surface area (TPSA) is 59.6 Å². The van der Waals surface area contributed by atoms with Gasteiger partial charge in [0.1, 0.15) is 11.5 Å². The number of carbonyl (C=O) groups is 1. The molecule has 0 saturated heterocycles. The second-order valence-electron chi connectivity index (χ2n) is 4.51. The number of hydrogen-bond acceptors (Lipinski definition) is 4. The highest BCUT2D eigenvalue weighted by Crippen LogP contribution is 2.25. The van der Waals surface area contributed by atoms with Gasteiger partial charge in [-0.05, 0) is 24.3 Å². The molecule has 5 nitrogen and oxygen atoms in total. The standard InChI is InChI=1S/C16H17ClN2O3/c1-21-14-7-13(8-15(9-14)22-2)19-16(20)10-18-12-5-3-11(17)4-6-12/h3-9,18H,10H2,1-2H3,(H,19,20). The van der Waals surface area contributed by atoms with Crippen LogP contribution in [0.1, 0.15) is 0 Å². The average Bonchev–Trinajstić information content (AvgIpc) is 2.54. The molecule has 0 unspecified atom stereocenters. The van der Waals surface area contributed by atoms with Crippen molar-refractivity contribution in [3.05, 3.63) is 47.5 Å². The quantitative estimate of drug-likeness (QED) is 0.856. The molecular weight excluding hydrogens is 304 g/mol. The zero-order chi connectivity index (χ0) is 15.9. The van der Waals surface area contributed by atoms with Gasteiger partial charge in [0.2, 0.25) is 5.91 Å². The maximum atomic E-state index is 12.0. The number of ether oxygens (including phenoxy) is 2. The lowest BCUT2D eigenvalue weighted by Gasteiger charge is -2.11. The van der Waals surface area contributed by atoms with Crippen LogP contribution in [0, 0.1) is 0 Å². The molecule has 0 spiro atoms. The van der Waals surface area contributed by atoms with Crippen molar-refractivity contribution in [3.63, 3.8) is 0 Å². The van der Waals surface area contributed by atoms with Crippen LogP contribution >= 0.6 is 11.6 Å². The minimum Gasteiger partial charge on any atom is -0.497 e. The molecule has 0 saturated carbocycles. The van der Waals surface area contributed by atoms with Crippen LogP contribution < -0.4 is 20.1 Å². The third kappa shape index (κ3) is 4.56. The van der Waals surface area contributed by atoms with Gasteiger partial charge in [0.05, 0.1) is 20.8 Å². The highest BCUT2D eigenvalue weighted by Gasteiger charge is 2.06. The molecule has 0 aliphatic rings. The minimum atomic E-state index is -0.176. The van der Waals surface area contributed by atoms with Gasteiger partial charge in [-0.1, -0.05) is 11.6 Å². The lowest BCUT2D eigenvalue weighted by Crippen LogP contribution is -2.21. The number of rotatable bonds is 6. The first kappa shape index (κ1) is 16.0. The Morgan fingerprint density at radius 3 is 2.14 bits per heavy atom. The zero-order valence-electron chi connectivity index (χ0n) is 12.4. The van der Waals surface area contributed by atoms with Crippen LogP contribution in [-0.4, -0.2) is 26.7 Å². The van der Waals surface area contributed by atoms with Gasteiger partial charge >= 0.3 is 0 Å². The molecule has 0 aliphatic heterocycles. The Labute approximate surface area is 134 Å². The molecule has 6 heteroatoms. The summed E-state index contributed by atoms with van der Waals surface area (Å²) in [6.07, 6.45) is 0. The minimum absolute atomic E-state index is 0.140. The van der Waals surface area contributed by atoms with E-state index in [-0.39, 0.29) is 12.5 Å². The van der Waals surface area contributed by atoms with Crippen LogP contribution in [0.3, 0.4) is 0 Å². The first-order valence-electron chi connectivity index (χ1n) is 6.63. The number of anilines is 2. The van der Waals surface area contributed by atoms with E-state index < -0.39 is 0 Å². The summed E-state index contributed by atoms with van der Waals surface area (Å²) >= 11 is 5.81. The van der Waals surface area contributed by atoms with Crippen LogP contribution in [0.4, 0.5) is 11.4 Å². The molecule has 116 valence electrons. The van der Waals surface area contributed by atoms with E-state index in [4.69, 9.17) is 21.1 Å². The van der Waals surface area contributed by atoms with Crippen molar-refractivity contribution in [2.75, 3.05) is 31.4 Å². The van der Waals surface area contributed by atoms with Crippen LogP contribution in [-0.2, 0) is 4.79 Å². The summed E-state index contributed by atoms with van der Waals surface area (Å²) in [5.41, 5.74) is 1.43. The fourth-order valence-corrected chi connectivity index (χ4v) is 1.96. The van der Waals surface area contributed by atoms with Crippen molar-refractivity contribution in [3.8, 4) is 11.5 Å². The second kappa shape index (κ2) is 7.56. The highest BCUT2D eigenvalue weighted by molar-refractivity contribution is 6.30. The predicted molar refractivity (Wildman–Crippen MR) is 88.1 cm³/mol. The molecule has 0 aliphatic carbocycles. The normalized spacial score (nSPS) is 9.95. The first-order valence-corrected chi connectivity index (χ1v) is 7.01. The summed E-state index contributed by atoms with van der Waals surface area (Å²) in [6, 6.07) is 12.3. The van der Waals surface area contributed by atoms with Crippen LogP contribution in [0.25, 0.3) is 0 Å². The van der Waals surface area contributed by atoms with Crippen molar-refractivity contribution < 1.29 is 14.3 Å². The average molecular weight is 321 g/mol. The molecule has 0 heterocycles. The van der Waals surface area contributed by atoms with Gasteiger partial charge in [0, 0.05) is 34.6 Å². The van der Waals surface area contributed by atoms with Crippen LogP contribution in [0.15, 0.2) is 42.5 Å². The molecule has 1 amide bonds. The van der Waals surface area contributed by atoms with E-state index in [1.54, 1.807) is 44.6 Å². The monoisotopic (exact) mass is 320 g/mol. The molecule has 0 atom stereocenters. The summed E-state index contributed by atoms with van der Waals surface area (Å²) in [7, 11) is 3.12.